The third-order valence-electron chi connectivity index (χ3n) is 3.55. The molecule has 3 heteroatoms. The van der Waals surface area contributed by atoms with Crippen molar-refractivity contribution in [3.05, 3.63) is 11.8 Å². The molecule has 0 aromatic rings. The molecule has 0 spiro atoms. The summed E-state index contributed by atoms with van der Waals surface area (Å²) in [5, 5.41) is 0.407. The molecule has 1 heterocycles. The van der Waals surface area contributed by atoms with Gasteiger partial charge in [-0.15, -0.1) is 0 Å². The van der Waals surface area contributed by atoms with E-state index in [1.165, 1.54) is 37.7 Å². The minimum Gasteiger partial charge on any atom is -0.501 e. The summed E-state index contributed by atoms with van der Waals surface area (Å²) < 4.78 is 17.1. The van der Waals surface area contributed by atoms with E-state index in [9.17, 15) is 4.21 Å². The summed E-state index contributed by atoms with van der Waals surface area (Å²) in [5.41, 5.74) is 1.47. The lowest BCUT2D eigenvalue weighted by atomic mass is 9.96. The lowest BCUT2D eigenvalue weighted by Gasteiger charge is -2.14. The molecule has 2 atom stereocenters. The van der Waals surface area contributed by atoms with Gasteiger partial charge in [-0.3, -0.25) is 4.21 Å². The predicted octanol–water partition coefficient (Wildman–Crippen LogP) is 3.15. The first-order chi connectivity index (χ1) is 7.86. The molecule has 2 fully saturated rings. The van der Waals surface area contributed by atoms with Gasteiger partial charge in [0.15, 0.2) is 0 Å². The molecule has 92 valence electrons. The van der Waals surface area contributed by atoms with Crippen molar-refractivity contribution in [1.29, 1.82) is 0 Å². The van der Waals surface area contributed by atoms with Crippen LogP contribution < -0.4 is 0 Å². The van der Waals surface area contributed by atoms with Crippen molar-refractivity contribution in [1.82, 2.24) is 0 Å². The first-order valence-corrected chi connectivity index (χ1v) is 7.91. The summed E-state index contributed by atoms with van der Waals surface area (Å²) in [5.74, 6) is 0.908. The van der Waals surface area contributed by atoms with Gasteiger partial charge < -0.3 is 4.74 Å². The van der Waals surface area contributed by atoms with Crippen molar-refractivity contribution in [2.24, 2.45) is 0 Å². The van der Waals surface area contributed by atoms with Crippen LogP contribution >= 0.6 is 0 Å². The highest BCUT2D eigenvalue weighted by Crippen LogP contribution is 2.23. The van der Waals surface area contributed by atoms with Crippen molar-refractivity contribution < 1.29 is 8.95 Å². The topological polar surface area (TPSA) is 26.3 Å². The SMILES string of the molecule is O=S1CCCC1CCOC=C1CCCCC1. The maximum absolute atomic E-state index is 11.5. The van der Waals surface area contributed by atoms with Gasteiger partial charge in [-0.2, -0.15) is 0 Å². The fraction of sp³-hybridized carbons (Fsp3) is 0.846. The number of hydrogen-bond donors (Lipinski definition) is 0. The third-order valence-corrected chi connectivity index (χ3v) is 5.45. The molecule has 0 bridgehead atoms. The normalized spacial score (nSPS) is 30.4. The zero-order valence-electron chi connectivity index (χ0n) is 9.95. The summed E-state index contributed by atoms with van der Waals surface area (Å²) in [6, 6.07) is 0. The number of ether oxygens (including phenoxy) is 1. The molecule has 1 saturated heterocycles. The van der Waals surface area contributed by atoms with Gasteiger partial charge in [-0.1, -0.05) is 6.42 Å². The van der Waals surface area contributed by atoms with E-state index in [1.54, 1.807) is 0 Å². The Balaban J connectivity index is 1.62. The van der Waals surface area contributed by atoms with E-state index in [4.69, 9.17) is 4.74 Å². The largest absolute Gasteiger partial charge is 0.501 e. The van der Waals surface area contributed by atoms with E-state index < -0.39 is 10.8 Å². The molecule has 0 N–H and O–H groups in total. The Morgan fingerprint density at radius 3 is 2.75 bits per heavy atom. The minimum atomic E-state index is -0.570. The van der Waals surface area contributed by atoms with Crippen molar-refractivity contribution in [3.8, 4) is 0 Å². The smallest absolute Gasteiger partial charge is 0.0884 e. The average Bonchev–Trinajstić information content (AvgIpc) is 2.72. The van der Waals surface area contributed by atoms with Gasteiger partial charge in [-0.05, 0) is 50.5 Å². The van der Waals surface area contributed by atoms with Crippen molar-refractivity contribution in [2.45, 2.75) is 56.6 Å². The Labute approximate surface area is 101 Å². The highest BCUT2D eigenvalue weighted by atomic mass is 32.2. The van der Waals surface area contributed by atoms with Gasteiger partial charge >= 0.3 is 0 Å². The average molecular weight is 242 g/mol. The molecule has 1 saturated carbocycles. The fourth-order valence-electron chi connectivity index (χ4n) is 2.53. The molecule has 0 radical (unpaired) electrons. The number of hydrogen-bond acceptors (Lipinski definition) is 2. The van der Waals surface area contributed by atoms with Gasteiger partial charge in [0.05, 0.1) is 12.9 Å². The Kier molecular flexibility index (Phi) is 4.89. The third kappa shape index (κ3) is 3.62. The van der Waals surface area contributed by atoms with Crippen LogP contribution in [0.15, 0.2) is 11.8 Å². The zero-order valence-corrected chi connectivity index (χ0v) is 10.8. The Morgan fingerprint density at radius 2 is 2.06 bits per heavy atom. The Bertz CT molecular complexity index is 265. The van der Waals surface area contributed by atoms with Gasteiger partial charge in [0, 0.05) is 21.8 Å². The van der Waals surface area contributed by atoms with Gasteiger partial charge in [0.1, 0.15) is 0 Å². The highest BCUT2D eigenvalue weighted by Gasteiger charge is 2.22. The van der Waals surface area contributed by atoms with Crippen LogP contribution in [-0.4, -0.2) is 21.8 Å². The van der Waals surface area contributed by atoms with Gasteiger partial charge in [0.2, 0.25) is 0 Å². The maximum atomic E-state index is 11.5. The summed E-state index contributed by atoms with van der Waals surface area (Å²) in [4.78, 5) is 0. The zero-order chi connectivity index (χ0) is 11.2. The van der Waals surface area contributed by atoms with E-state index in [-0.39, 0.29) is 0 Å². The van der Waals surface area contributed by atoms with Gasteiger partial charge in [0.25, 0.3) is 0 Å². The van der Waals surface area contributed by atoms with Crippen molar-refractivity contribution in [2.75, 3.05) is 12.4 Å². The predicted molar refractivity (Wildman–Crippen MR) is 67.8 cm³/mol. The van der Waals surface area contributed by atoms with Crippen LogP contribution in [-0.2, 0) is 15.5 Å². The summed E-state index contributed by atoms with van der Waals surface area (Å²) in [6.07, 6.45) is 11.7. The van der Waals surface area contributed by atoms with E-state index >= 15 is 0 Å². The van der Waals surface area contributed by atoms with E-state index in [0.29, 0.717) is 5.25 Å². The lowest BCUT2D eigenvalue weighted by molar-refractivity contribution is 0.237. The quantitative estimate of drug-likeness (QED) is 0.559. The van der Waals surface area contributed by atoms with Gasteiger partial charge in [-0.25, -0.2) is 0 Å². The van der Waals surface area contributed by atoms with Crippen LogP contribution in [0.2, 0.25) is 0 Å². The van der Waals surface area contributed by atoms with Crippen LogP contribution in [0.4, 0.5) is 0 Å². The number of rotatable bonds is 4. The lowest BCUT2D eigenvalue weighted by Crippen LogP contribution is -2.11. The first-order valence-electron chi connectivity index (χ1n) is 6.53. The van der Waals surface area contributed by atoms with Crippen molar-refractivity contribution in [3.63, 3.8) is 0 Å². The highest BCUT2D eigenvalue weighted by molar-refractivity contribution is 7.85. The summed E-state index contributed by atoms with van der Waals surface area (Å²) in [7, 11) is -0.570. The van der Waals surface area contributed by atoms with Crippen LogP contribution in [0.1, 0.15) is 51.4 Å². The van der Waals surface area contributed by atoms with Crippen LogP contribution in [0.3, 0.4) is 0 Å². The second kappa shape index (κ2) is 6.43. The molecular weight excluding hydrogens is 220 g/mol. The summed E-state index contributed by atoms with van der Waals surface area (Å²) in [6.45, 7) is 0.750. The molecule has 2 rings (SSSR count). The van der Waals surface area contributed by atoms with Crippen LogP contribution in [0.25, 0.3) is 0 Å². The second-order valence-electron chi connectivity index (χ2n) is 4.85. The van der Waals surface area contributed by atoms with Crippen LogP contribution in [0, 0.1) is 0 Å². The molecule has 2 aliphatic rings. The molecule has 0 aromatic carbocycles. The molecule has 0 amide bonds. The Morgan fingerprint density at radius 1 is 1.25 bits per heavy atom. The molecular formula is C13H22O2S. The van der Waals surface area contributed by atoms with Crippen LogP contribution in [0.5, 0.6) is 0 Å². The summed E-state index contributed by atoms with van der Waals surface area (Å²) >= 11 is 0. The van der Waals surface area contributed by atoms with E-state index in [1.807, 2.05) is 6.26 Å². The maximum Gasteiger partial charge on any atom is 0.0884 e. The first kappa shape index (κ1) is 12.2. The van der Waals surface area contributed by atoms with E-state index in [2.05, 4.69) is 0 Å². The fourth-order valence-corrected chi connectivity index (χ4v) is 4.10. The molecule has 1 aliphatic carbocycles. The molecule has 1 aliphatic heterocycles. The molecule has 16 heavy (non-hydrogen) atoms. The number of allylic oxidation sites excluding steroid dienone is 1. The minimum absolute atomic E-state index is 0.407. The van der Waals surface area contributed by atoms with Crippen molar-refractivity contribution >= 4 is 10.8 Å². The monoisotopic (exact) mass is 242 g/mol. The molecule has 2 nitrogen and oxygen atoms in total. The molecule has 0 aromatic heterocycles. The Hall–Kier alpha value is -0.310. The molecule has 2 unspecified atom stereocenters. The standard InChI is InChI=1S/C13H22O2S/c14-16-10-4-7-13(16)8-9-15-11-12-5-2-1-3-6-12/h11,13H,1-10H2. The second-order valence-corrected chi connectivity index (χ2v) is 6.68. The van der Waals surface area contributed by atoms with E-state index in [0.717, 1.165) is 31.6 Å².